The van der Waals surface area contributed by atoms with Crippen molar-refractivity contribution < 1.29 is 22.7 Å². The fourth-order valence-corrected chi connectivity index (χ4v) is 1.52. The topological polar surface area (TPSA) is 50.4 Å². The summed E-state index contributed by atoms with van der Waals surface area (Å²) in [6.07, 6.45) is -4.11. The maximum absolute atomic E-state index is 12.1. The molecule has 0 aliphatic heterocycles. The standard InChI is InChI=1S/C13H17F3N2O2.ClH/c1-9-10(18-12(19)6-7-17-2)4-3-5-11(9)20-8-13(14,15)16;/h3-5,17H,6-8H2,1-2H3,(H,18,19);1H. The van der Waals surface area contributed by atoms with Crippen LogP contribution < -0.4 is 15.4 Å². The summed E-state index contributed by atoms with van der Waals surface area (Å²) in [7, 11) is 1.73. The second-order valence-electron chi connectivity index (χ2n) is 4.23. The normalized spacial score (nSPS) is 10.7. The fourth-order valence-electron chi connectivity index (χ4n) is 1.52. The van der Waals surface area contributed by atoms with Gasteiger partial charge in [0.25, 0.3) is 0 Å². The molecule has 120 valence electrons. The van der Waals surface area contributed by atoms with Gasteiger partial charge in [-0.3, -0.25) is 4.79 Å². The number of anilines is 1. The van der Waals surface area contributed by atoms with E-state index in [4.69, 9.17) is 4.74 Å². The van der Waals surface area contributed by atoms with Gasteiger partial charge in [-0.05, 0) is 26.1 Å². The van der Waals surface area contributed by atoms with Crippen LogP contribution in [-0.2, 0) is 4.79 Å². The van der Waals surface area contributed by atoms with Crippen molar-refractivity contribution in [2.75, 3.05) is 25.5 Å². The van der Waals surface area contributed by atoms with Gasteiger partial charge in [0.2, 0.25) is 5.91 Å². The zero-order valence-corrected chi connectivity index (χ0v) is 12.5. The van der Waals surface area contributed by atoms with Crippen molar-refractivity contribution in [1.29, 1.82) is 0 Å². The second-order valence-corrected chi connectivity index (χ2v) is 4.23. The van der Waals surface area contributed by atoms with Crippen LogP contribution in [0.25, 0.3) is 0 Å². The van der Waals surface area contributed by atoms with E-state index in [1.54, 1.807) is 20.0 Å². The SMILES string of the molecule is CNCCC(=O)Nc1cccc(OCC(F)(F)F)c1C.Cl. The maximum Gasteiger partial charge on any atom is 0.422 e. The highest BCUT2D eigenvalue weighted by Gasteiger charge is 2.28. The van der Waals surface area contributed by atoms with E-state index in [1.165, 1.54) is 12.1 Å². The van der Waals surface area contributed by atoms with Crippen LogP contribution in [0.4, 0.5) is 18.9 Å². The Morgan fingerprint density at radius 3 is 2.57 bits per heavy atom. The fraction of sp³-hybridized carbons (Fsp3) is 0.462. The molecule has 0 bridgehead atoms. The first-order valence-electron chi connectivity index (χ1n) is 6.07. The number of alkyl halides is 3. The lowest BCUT2D eigenvalue weighted by Crippen LogP contribution is -2.21. The largest absolute Gasteiger partial charge is 0.484 e. The number of benzene rings is 1. The van der Waals surface area contributed by atoms with Crippen LogP contribution in [0.1, 0.15) is 12.0 Å². The molecule has 1 amide bonds. The quantitative estimate of drug-likeness (QED) is 0.845. The number of rotatable bonds is 6. The van der Waals surface area contributed by atoms with Crippen molar-refractivity contribution >= 4 is 24.0 Å². The smallest absolute Gasteiger partial charge is 0.422 e. The summed E-state index contributed by atoms with van der Waals surface area (Å²) in [4.78, 5) is 11.6. The van der Waals surface area contributed by atoms with E-state index < -0.39 is 12.8 Å². The molecule has 8 heteroatoms. The van der Waals surface area contributed by atoms with Crippen LogP contribution in [0.15, 0.2) is 18.2 Å². The predicted molar refractivity (Wildman–Crippen MR) is 77.2 cm³/mol. The Morgan fingerprint density at radius 2 is 2.00 bits per heavy atom. The lowest BCUT2D eigenvalue weighted by molar-refractivity contribution is -0.153. The average molecular weight is 327 g/mol. The van der Waals surface area contributed by atoms with Gasteiger partial charge in [0.05, 0.1) is 0 Å². The first-order valence-corrected chi connectivity index (χ1v) is 6.07. The molecule has 1 rings (SSSR count). The number of halogens is 4. The zero-order valence-electron chi connectivity index (χ0n) is 11.7. The molecular weight excluding hydrogens is 309 g/mol. The number of nitrogens with one attached hydrogen (secondary N) is 2. The molecule has 0 aliphatic rings. The highest BCUT2D eigenvalue weighted by molar-refractivity contribution is 5.91. The number of ether oxygens (including phenoxy) is 1. The van der Waals surface area contributed by atoms with Gasteiger partial charge in [0.15, 0.2) is 6.61 Å². The van der Waals surface area contributed by atoms with E-state index in [0.29, 0.717) is 17.8 Å². The zero-order chi connectivity index (χ0) is 15.2. The lowest BCUT2D eigenvalue weighted by atomic mass is 10.1. The molecule has 0 fully saturated rings. The van der Waals surface area contributed by atoms with Gasteiger partial charge in [-0.1, -0.05) is 6.07 Å². The van der Waals surface area contributed by atoms with Crippen molar-refractivity contribution in [3.05, 3.63) is 23.8 Å². The Morgan fingerprint density at radius 1 is 1.33 bits per heavy atom. The first kappa shape index (κ1) is 19.5. The van der Waals surface area contributed by atoms with E-state index >= 15 is 0 Å². The van der Waals surface area contributed by atoms with Crippen LogP contribution in [0.2, 0.25) is 0 Å². The van der Waals surface area contributed by atoms with Gasteiger partial charge in [-0.15, -0.1) is 12.4 Å². The molecule has 21 heavy (non-hydrogen) atoms. The summed E-state index contributed by atoms with van der Waals surface area (Å²) in [5, 5.41) is 5.48. The third-order valence-corrected chi connectivity index (χ3v) is 2.55. The molecular formula is C13H18ClF3N2O2. The average Bonchev–Trinajstić information content (AvgIpc) is 2.36. The number of carbonyl (C=O) groups excluding carboxylic acids is 1. The third kappa shape index (κ3) is 7.19. The molecule has 4 nitrogen and oxygen atoms in total. The van der Waals surface area contributed by atoms with Crippen molar-refractivity contribution in [2.45, 2.75) is 19.5 Å². The highest BCUT2D eigenvalue weighted by Crippen LogP contribution is 2.27. The Labute approximate surface area is 127 Å². The summed E-state index contributed by atoms with van der Waals surface area (Å²) < 4.78 is 41.1. The Kier molecular flexibility index (Phi) is 8.12. The van der Waals surface area contributed by atoms with Crippen molar-refractivity contribution in [2.24, 2.45) is 0 Å². The van der Waals surface area contributed by atoms with Crippen molar-refractivity contribution in [3.8, 4) is 5.75 Å². The van der Waals surface area contributed by atoms with E-state index in [0.717, 1.165) is 0 Å². The molecule has 2 N–H and O–H groups in total. The van der Waals surface area contributed by atoms with E-state index in [9.17, 15) is 18.0 Å². The van der Waals surface area contributed by atoms with E-state index in [1.807, 2.05) is 0 Å². The minimum Gasteiger partial charge on any atom is -0.484 e. The van der Waals surface area contributed by atoms with Gasteiger partial charge in [-0.2, -0.15) is 13.2 Å². The molecule has 0 aliphatic carbocycles. The monoisotopic (exact) mass is 326 g/mol. The maximum atomic E-state index is 12.1. The van der Waals surface area contributed by atoms with Gasteiger partial charge in [0, 0.05) is 24.2 Å². The van der Waals surface area contributed by atoms with Gasteiger partial charge in [0.1, 0.15) is 5.75 Å². The van der Waals surface area contributed by atoms with Crippen LogP contribution in [-0.4, -0.2) is 32.3 Å². The van der Waals surface area contributed by atoms with Gasteiger partial charge >= 0.3 is 6.18 Å². The highest BCUT2D eigenvalue weighted by atomic mass is 35.5. The molecule has 1 aromatic carbocycles. The number of carbonyl (C=O) groups is 1. The molecule has 1 aromatic rings. The van der Waals surface area contributed by atoms with Crippen LogP contribution >= 0.6 is 12.4 Å². The number of amides is 1. The van der Waals surface area contributed by atoms with Gasteiger partial charge < -0.3 is 15.4 Å². The lowest BCUT2D eigenvalue weighted by Gasteiger charge is -2.14. The molecule has 0 unspecified atom stereocenters. The van der Waals surface area contributed by atoms with E-state index in [2.05, 4.69) is 10.6 Å². The predicted octanol–water partition coefficient (Wildman–Crippen LogP) is 2.91. The minimum absolute atomic E-state index is 0. The molecule has 0 radical (unpaired) electrons. The molecule has 0 saturated carbocycles. The van der Waals surface area contributed by atoms with Crippen molar-refractivity contribution in [3.63, 3.8) is 0 Å². The Hall–Kier alpha value is -1.47. The summed E-state index contributed by atoms with van der Waals surface area (Å²) in [6.45, 7) is 0.763. The second kappa shape index (κ2) is 8.74. The minimum atomic E-state index is -4.39. The number of hydrogen-bond acceptors (Lipinski definition) is 3. The van der Waals surface area contributed by atoms with Crippen LogP contribution in [0.5, 0.6) is 5.75 Å². The van der Waals surface area contributed by atoms with E-state index in [-0.39, 0.29) is 30.5 Å². The van der Waals surface area contributed by atoms with Crippen molar-refractivity contribution in [1.82, 2.24) is 5.32 Å². The van der Waals surface area contributed by atoms with Gasteiger partial charge in [-0.25, -0.2) is 0 Å². The van der Waals surface area contributed by atoms with Crippen LogP contribution in [0.3, 0.4) is 0 Å². The summed E-state index contributed by atoms with van der Waals surface area (Å²) in [6, 6.07) is 4.59. The number of hydrogen-bond donors (Lipinski definition) is 2. The Bertz CT molecular complexity index is 467. The third-order valence-electron chi connectivity index (χ3n) is 2.55. The summed E-state index contributed by atoms with van der Waals surface area (Å²) in [5.74, 6) is -0.107. The Balaban J connectivity index is 0.00000400. The molecule has 0 saturated heterocycles. The van der Waals surface area contributed by atoms with Crippen LogP contribution in [0, 0.1) is 6.92 Å². The summed E-state index contributed by atoms with van der Waals surface area (Å²) in [5.41, 5.74) is 0.917. The summed E-state index contributed by atoms with van der Waals surface area (Å²) >= 11 is 0. The molecule has 0 heterocycles. The molecule has 0 spiro atoms. The first-order chi connectivity index (χ1) is 9.33. The molecule has 0 atom stereocenters. The molecule has 0 aromatic heterocycles.